The van der Waals surface area contributed by atoms with Gasteiger partial charge in [-0.15, -0.1) is 0 Å². The highest BCUT2D eigenvalue weighted by Crippen LogP contribution is 2.10. The Balaban J connectivity index is 2.24. The first-order valence-corrected chi connectivity index (χ1v) is 6.63. The van der Waals surface area contributed by atoms with Crippen LogP contribution in [0.25, 0.3) is 0 Å². The summed E-state index contributed by atoms with van der Waals surface area (Å²) >= 11 is 0. The van der Waals surface area contributed by atoms with Gasteiger partial charge in [0.25, 0.3) is 0 Å². The van der Waals surface area contributed by atoms with Crippen molar-refractivity contribution in [3.63, 3.8) is 0 Å². The molecule has 0 saturated carbocycles. The normalized spacial score (nSPS) is 10.1. The van der Waals surface area contributed by atoms with E-state index in [0.29, 0.717) is 38.2 Å². The van der Waals surface area contributed by atoms with E-state index in [2.05, 4.69) is 16.7 Å². The second-order valence-corrected chi connectivity index (χ2v) is 4.52. The third-order valence-electron chi connectivity index (χ3n) is 2.94. The molecule has 0 saturated heterocycles. The number of hydrogen-bond acceptors (Lipinski definition) is 4. The number of nitrogens with one attached hydrogen (secondary N) is 2. The number of nitriles is 1. The molecule has 5 nitrogen and oxygen atoms in total. The van der Waals surface area contributed by atoms with E-state index in [0.717, 1.165) is 11.1 Å². The molecule has 0 aliphatic carbocycles. The van der Waals surface area contributed by atoms with E-state index in [1.165, 1.54) is 0 Å². The van der Waals surface area contributed by atoms with Gasteiger partial charge in [0, 0.05) is 33.2 Å². The summed E-state index contributed by atoms with van der Waals surface area (Å²) in [5.74, 6) is 0.0195. The van der Waals surface area contributed by atoms with E-state index in [1.54, 1.807) is 7.11 Å². The zero-order valence-electron chi connectivity index (χ0n) is 12.0. The van der Waals surface area contributed by atoms with Crippen LogP contribution in [0, 0.1) is 18.3 Å². The Kier molecular flexibility index (Phi) is 7.33. The van der Waals surface area contributed by atoms with E-state index in [1.807, 2.05) is 25.1 Å². The first-order chi connectivity index (χ1) is 9.67. The van der Waals surface area contributed by atoms with Gasteiger partial charge in [0.15, 0.2) is 0 Å². The SMILES string of the molecule is COCCNC(=O)CCNCc1ccc(C#N)cc1C. The lowest BCUT2D eigenvalue weighted by Gasteiger charge is -2.08. The van der Waals surface area contributed by atoms with Crippen molar-refractivity contribution in [2.24, 2.45) is 0 Å². The number of methoxy groups -OCH3 is 1. The number of nitrogens with zero attached hydrogens (tertiary/aromatic N) is 1. The zero-order valence-corrected chi connectivity index (χ0v) is 12.0. The topological polar surface area (TPSA) is 74.2 Å². The van der Waals surface area contributed by atoms with Gasteiger partial charge in [-0.1, -0.05) is 6.07 Å². The minimum Gasteiger partial charge on any atom is -0.383 e. The number of carbonyl (C=O) groups excluding carboxylic acids is 1. The third-order valence-corrected chi connectivity index (χ3v) is 2.94. The number of carbonyl (C=O) groups is 1. The molecule has 0 fully saturated rings. The smallest absolute Gasteiger partial charge is 0.221 e. The Morgan fingerprint density at radius 1 is 1.40 bits per heavy atom. The molecular formula is C15H21N3O2. The van der Waals surface area contributed by atoms with Gasteiger partial charge in [0.1, 0.15) is 0 Å². The molecule has 0 atom stereocenters. The van der Waals surface area contributed by atoms with Crippen LogP contribution in [-0.4, -0.2) is 32.7 Å². The van der Waals surface area contributed by atoms with E-state index < -0.39 is 0 Å². The van der Waals surface area contributed by atoms with E-state index in [-0.39, 0.29) is 5.91 Å². The van der Waals surface area contributed by atoms with Gasteiger partial charge in [0.05, 0.1) is 18.2 Å². The summed E-state index contributed by atoms with van der Waals surface area (Å²) in [6, 6.07) is 7.74. The molecule has 0 aliphatic heterocycles. The van der Waals surface area contributed by atoms with Crippen LogP contribution in [-0.2, 0) is 16.1 Å². The Bertz CT molecular complexity index is 480. The minimum atomic E-state index is 0.0195. The standard InChI is InChI=1S/C15H21N3O2/c1-12-9-13(10-16)3-4-14(12)11-17-6-5-15(19)18-7-8-20-2/h3-4,9,17H,5-8,11H2,1-2H3,(H,18,19). The third kappa shape index (κ3) is 5.83. The molecule has 1 aromatic carbocycles. The molecule has 108 valence electrons. The molecule has 1 aromatic rings. The van der Waals surface area contributed by atoms with Gasteiger partial charge in [-0.3, -0.25) is 4.79 Å². The molecule has 1 rings (SSSR count). The maximum atomic E-state index is 11.4. The molecule has 5 heteroatoms. The zero-order chi connectivity index (χ0) is 14.8. The molecule has 0 spiro atoms. The molecule has 0 radical (unpaired) electrons. The van der Waals surface area contributed by atoms with Gasteiger partial charge >= 0.3 is 0 Å². The van der Waals surface area contributed by atoms with Crippen molar-refractivity contribution < 1.29 is 9.53 Å². The second-order valence-electron chi connectivity index (χ2n) is 4.52. The Hall–Kier alpha value is -1.90. The van der Waals surface area contributed by atoms with Gasteiger partial charge in [-0.2, -0.15) is 5.26 Å². The summed E-state index contributed by atoms with van der Waals surface area (Å²) in [6.07, 6.45) is 0.443. The number of hydrogen-bond donors (Lipinski definition) is 2. The molecular weight excluding hydrogens is 254 g/mol. The fourth-order valence-electron chi connectivity index (χ4n) is 1.77. The fourth-order valence-corrected chi connectivity index (χ4v) is 1.77. The number of aryl methyl sites for hydroxylation is 1. The fraction of sp³-hybridized carbons (Fsp3) is 0.467. The number of rotatable bonds is 8. The van der Waals surface area contributed by atoms with E-state index in [4.69, 9.17) is 10.00 Å². The van der Waals surface area contributed by atoms with E-state index in [9.17, 15) is 4.79 Å². The van der Waals surface area contributed by atoms with Crippen LogP contribution in [0.1, 0.15) is 23.1 Å². The first kappa shape index (κ1) is 16.2. The lowest BCUT2D eigenvalue weighted by atomic mass is 10.1. The van der Waals surface area contributed by atoms with Crippen molar-refractivity contribution in [1.29, 1.82) is 5.26 Å². The Labute approximate surface area is 119 Å². The number of benzene rings is 1. The molecule has 1 amide bonds. The predicted molar refractivity (Wildman–Crippen MR) is 77.1 cm³/mol. The molecule has 0 heterocycles. The summed E-state index contributed by atoms with van der Waals surface area (Å²) in [7, 11) is 1.60. The molecule has 2 N–H and O–H groups in total. The minimum absolute atomic E-state index is 0.0195. The van der Waals surface area contributed by atoms with Crippen LogP contribution in [0.2, 0.25) is 0 Å². The van der Waals surface area contributed by atoms with Crippen LogP contribution in [0.3, 0.4) is 0 Å². The number of amides is 1. The largest absolute Gasteiger partial charge is 0.383 e. The average Bonchev–Trinajstić information content (AvgIpc) is 2.45. The van der Waals surface area contributed by atoms with Crippen LogP contribution < -0.4 is 10.6 Å². The highest BCUT2D eigenvalue weighted by molar-refractivity contribution is 5.76. The van der Waals surface area contributed by atoms with Crippen molar-refractivity contribution in [3.8, 4) is 6.07 Å². The molecule has 0 bridgehead atoms. The van der Waals surface area contributed by atoms with Crippen molar-refractivity contribution in [1.82, 2.24) is 10.6 Å². The number of ether oxygens (including phenoxy) is 1. The second kappa shape index (κ2) is 9.08. The Morgan fingerprint density at radius 2 is 2.20 bits per heavy atom. The van der Waals surface area contributed by atoms with Gasteiger partial charge in [0.2, 0.25) is 5.91 Å². The maximum Gasteiger partial charge on any atom is 0.221 e. The molecule has 0 aromatic heterocycles. The van der Waals surface area contributed by atoms with E-state index >= 15 is 0 Å². The van der Waals surface area contributed by atoms with Crippen molar-refractivity contribution in [2.75, 3.05) is 26.8 Å². The summed E-state index contributed by atoms with van der Waals surface area (Å²) in [5.41, 5.74) is 2.90. The highest BCUT2D eigenvalue weighted by atomic mass is 16.5. The van der Waals surface area contributed by atoms with Crippen LogP contribution in [0.15, 0.2) is 18.2 Å². The summed E-state index contributed by atoms with van der Waals surface area (Å²) in [4.78, 5) is 11.4. The lowest BCUT2D eigenvalue weighted by molar-refractivity contribution is -0.121. The van der Waals surface area contributed by atoms with Crippen molar-refractivity contribution in [3.05, 3.63) is 34.9 Å². The molecule has 0 aliphatic rings. The van der Waals surface area contributed by atoms with Crippen molar-refractivity contribution >= 4 is 5.91 Å². The van der Waals surface area contributed by atoms with Crippen LogP contribution >= 0.6 is 0 Å². The molecule has 20 heavy (non-hydrogen) atoms. The van der Waals surface area contributed by atoms with Gasteiger partial charge in [-0.05, 0) is 30.2 Å². The van der Waals surface area contributed by atoms with Gasteiger partial charge < -0.3 is 15.4 Å². The van der Waals surface area contributed by atoms with Crippen LogP contribution in [0.4, 0.5) is 0 Å². The summed E-state index contributed by atoms with van der Waals surface area (Å²) in [5, 5.41) is 14.8. The maximum absolute atomic E-state index is 11.4. The Morgan fingerprint density at radius 3 is 2.85 bits per heavy atom. The quantitative estimate of drug-likeness (QED) is 0.697. The average molecular weight is 275 g/mol. The van der Waals surface area contributed by atoms with Crippen molar-refractivity contribution in [2.45, 2.75) is 19.9 Å². The lowest BCUT2D eigenvalue weighted by Crippen LogP contribution is -2.30. The highest BCUT2D eigenvalue weighted by Gasteiger charge is 2.02. The predicted octanol–water partition coefficient (Wildman–Crippen LogP) is 1.11. The first-order valence-electron chi connectivity index (χ1n) is 6.63. The van der Waals surface area contributed by atoms with Crippen LogP contribution in [0.5, 0.6) is 0 Å². The summed E-state index contributed by atoms with van der Waals surface area (Å²) < 4.78 is 4.85. The monoisotopic (exact) mass is 275 g/mol. The van der Waals surface area contributed by atoms with Gasteiger partial charge in [-0.25, -0.2) is 0 Å². The summed E-state index contributed by atoms with van der Waals surface area (Å²) in [6.45, 7) is 4.38. The molecule has 0 unspecified atom stereocenters.